The smallest absolute Gasteiger partial charge is 0.289 e. The Morgan fingerprint density at radius 2 is 1.68 bits per heavy atom. The molecule has 1 rings (SSSR count). The highest BCUT2D eigenvalue weighted by atomic mass is 35.5. The first-order chi connectivity index (χ1) is 9.19. The molecule has 0 bridgehead atoms. The van der Waals surface area contributed by atoms with Crippen molar-refractivity contribution in [1.29, 1.82) is 0 Å². The van der Waals surface area contributed by atoms with Crippen molar-refractivity contribution in [2.75, 3.05) is 13.1 Å². The van der Waals surface area contributed by atoms with Gasteiger partial charge in [0.05, 0.1) is 0 Å². The molecule has 0 aromatic carbocycles. The summed E-state index contributed by atoms with van der Waals surface area (Å²) in [5.41, 5.74) is 0. The van der Waals surface area contributed by atoms with Crippen LogP contribution in [-0.4, -0.2) is 23.9 Å². The van der Waals surface area contributed by atoms with Crippen LogP contribution < -0.4 is 0 Å². The summed E-state index contributed by atoms with van der Waals surface area (Å²) in [4.78, 5) is 14.2. The Labute approximate surface area is 120 Å². The molecule has 0 aliphatic heterocycles. The zero-order valence-electron chi connectivity index (χ0n) is 12.0. The zero-order chi connectivity index (χ0) is 14.1. The van der Waals surface area contributed by atoms with E-state index in [1.807, 2.05) is 4.90 Å². The van der Waals surface area contributed by atoms with Gasteiger partial charge < -0.3 is 9.32 Å². The predicted octanol–water partition coefficient (Wildman–Crippen LogP) is 4.76. The van der Waals surface area contributed by atoms with Crippen molar-refractivity contribution in [2.24, 2.45) is 0 Å². The van der Waals surface area contributed by atoms with Crippen molar-refractivity contribution in [2.45, 2.75) is 52.4 Å². The van der Waals surface area contributed by atoms with Gasteiger partial charge in [-0.05, 0) is 36.6 Å². The van der Waals surface area contributed by atoms with Crippen LogP contribution in [0.25, 0.3) is 0 Å². The second-order valence-corrected chi connectivity index (χ2v) is 5.18. The highest BCUT2D eigenvalue weighted by molar-refractivity contribution is 6.29. The molecule has 0 fully saturated rings. The first kappa shape index (κ1) is 16.1. The maximum atomic E-state index is 12.3. The number of furan rings is 1. The molecule has 1 heterocycles. The first-order valence-electron chi connectivity index (χ1n) is 7.23. The lowest BCUT2D eigenvalue weighted by Crippen LogP contribution is -2.32. The standard InChI is InChI=1S/C15H24ClNO2/c1-3-5-7-11-17(12-8-6-4-2)15(18)13-9-10-14(16)19-13/h9-10H,3-8,11-12H2,1-2H3. The predicted molar refractivity (Wildman–Crippen MR) is 78.7 cm³/mol. The summed E-state index contributed by atoms with van der Waals surface area (Å²) in [5, 5.41) is 0.269. The SMILES string of the molecule is CCCCCN(CCCCC)C(=O)c1ccc(Cl)o1. The Hall–Kier alpha value is -0.960. The van der Waals surface area contributed by atoms with E-state index in [9.17, 15) is 4.79 Å². The van der Waals surface area contributed by atoms with Gasteiger partial charge in [-0.1, -0.05) is 39.5 Å². The van der Waals surface area contributed by atoms with E-state index < -0.39 is 0 Å². The van der Waals surface area contributed by atoms with Crippen LogP contribution in [0.4, 0.5) is 0 Å². The van der Waals surface area contributed by atoms with Crippen molar-refractivity contribution in [3.63, 3.8) is 0 Å². The molecule has 0 radical (unpaired) electrons. The van der Waals surface area contributed by atoms with Gasteiger partial charge in [-0.2, -0.15) is 0 Å². The van der Waals surface area contributed by atoms with Crippen LogP contribution in [0.3, 0.4) is 0 Å². The summed E-state index contributed by atoms with van der Waals surface area (Å²) in [6.07, 6.45) is 6.70. The fourth-order valence-corrected chi connectivity index (χ4v) is 2.15. The molecule has 1 aromatic heterocycles. The topological polar surface area (TPSA) is 33.5 Å². The molecular formula is C15H24ClNO2. The van der Waals surface area contributed by atoms with Gasteiger partial charge in [0.25, 0.3) is 5.91 Å². The monoisotopic (exact) mass is 285 g/mol. The van der Waals surface area contributed by atoms with E-state index in [4.69, 9.17) is 16.0 Å². The van der Waals surface area contributed by atoms with Crippen LogP contribution in [0.15, 0.2) is 16.5 Å². The van der Waals surface area contributed by atoms with E-state index >= 15 is 0 Å². The summed E-state index contributed by atoms with van der Waals surface area (Å²) >= 11 is 5.73. The number of rotatable bonds is 9. The number of carbonyl (C=O) groups is 1. The average molecular weight is 286 g/mol. The highest BCUT2D eigenvalue weighted by Gasteiger charge is 2.18. The molecule has 1 aromatic rings. The van der Waals surface area contributed by atoms with Gasteiger partial charge in [0.1, 0.15) is 0 Å². The van der Waals surface area contributed by atoms with E-state index in [1.54, 1.807) is 12.1 Å². The van der Waals surface area contributed by atoms with Crippen LogP contribution in [0, 0.1) is 0 Å². The number of unbranched alkanes of at least 4 members (excludes halogenated alkanes) is 4. The van der Waals surface area contributed by atoms with Crippen LogP contribution in [0.2, 0.25) is 5.22 Å². The van der Waals surface area contributed by atoms with E-state index in [-0.39, 0.29) is 11.1 Å². The lowest BCUT2D eigenvalue weighted by Gasteiger charge is -2.21. The Bertz CT molecular complexity index is 366. The van der Waals surface area contributed by atoms with E-state index in [2.05, 4.69) is 13.8 Å². The minimum Gasteiger partial charge on any atom is -0.440 e. The largest absolute Gasteiger partial charge is 0.440 e. The number of hydrogen-bond acceptors (Lipinski definition) is 2. The van der Waals surface area contributed by atoms with Gasteiger partial charge in [0.2, 0.25) is 0 Å². The molecule has 0 N–H and O–H groups in total. The highest BCUT2D eigenvalue weighted by Crippen LogP contribution is 2.16. The summed E-state index contributed by atoms with van der Waals surface area (Å²) in [7, 11) is 0. The quantitative estimate of drug-likeness (QED) is 0.613. The van der Waals surface area contributed by atoms with E-state index in [0.29, 0.717) is 5.76 Å². The van der Waals surface area contributed by atoms with Crippen LogP contribution in [0.5, 0.6) is 0 Å². The average Bonchev–Trinajstić information content (AvgIpc) is 2.83. The molecule has 0 saturated carbocycles. The minimum atomic E-state index is -0.0425. The lowest BCUT2D eigenvalue weighted by atomic mass is 10.2. The third kappa shape index (κ3) is 5.68. The maximum Gasteiger partial charge on any atom is 0.289 e. The number of hydrogen-bond donors (Lipinski definition) is 0. The molecule has 4 heteroatoms. The third-order valence-electron chi connectivity index (χ3n) is 3.13. The molecule has 3 nitrogen and oxygen atoms in total. The van der Waals surface area contributed by atoms with Gasteiger partial charge in [-0.25, -0.2) is 0 Å². The van der Waals surface area contributed by atoms with E-state index in [0.717, 1.165) is 51.6 Å². The van der Waals surface area contributed by atoms with Gasteiger partial charge in [0, 0.05) is 13.1 Å². The normalized spacial score (nSPS) is 10.7. The van der Waals surface area contributed by atoms with Crippen LogP contribution in [0.1, 0.15) is 62.9 Å². The van der Waals surface area contributed by atoms with Gasteiger partial charge in [0.15, 0.2) is 11.0 Å². The van der Waals surface area contributed by atoms with Gasteiger partial charge >= 0.3 is 0 Å². The molecule has 19 heavy (non-hydrogen) atoms. The van der Waals surface area contributed by atoms with Crippen molar-refractivity contribution >= 4 is 17.5 Å². The first-order valence-corrected chi connectivity index (χ1v) is 7.61. The number of amides is 1. The molecule has 0 aliphatic carbocycles. The summed E-state index contributed by atoms with van der Waals surface area (Å²) < 4.78 is 5.21. The molecule has 0 unspecified atom stereocenters. The van der Waals surface area contributed by atoms with Gasteiger partial charge in [-0.15, -0.1) is 0 Å². The molecular weight excluding hydrogens is 262 g/mol. The molecule has 1 amide bonds. The second kappa shape index (κ2) is 9.03. The summed E-state index contributed by atoms with van der Waals surface area (Å²) in [6, 6.07) is 3.27. The van der Waals surface area contributed by atoms with Crippen molar-refractivity contribution < 1.29 is 9.21 Å². The second-order valence-electron chi connectivity index (χ2n) is 4.81. The van der Waals surface area contributed by atoms with Gasteiger partial charge in [-0.3, -0.25) is 4.79 Å². The van der Waals surface area contributed by atoms with E-state index in [1.165, 1.54) is 0 Å². The number of halogens is 1. The van der Waals surface area contributed by atoms with Crippen molar-refractivity contribution in [3.8, 4) is 0 Å². The fourth-order valence-electron chi connectivity index (χ4n) is 2.01. The molecule has 0 aliphatic rings. The van der Waals surface area contributed by atoms with Crippen molar-refractivity contribution in [1.82, 2.24) is 4.90 Å². The molecule has 0 atom stereocenters. The zero-order valence-corrected chi connectivity index (χ0v) is 12.7. The summed E-state index contributed by atoms with van der Waals surface area (Å²) in [5.74, 6) is 0.303. The Balaban J connectivity index is 2.57. The molecule has 108 valence electrons. The van der Waals surface area contributed by atoms with Crippen LogP contribution >= 0.6 is 11.6 Å². The Morgan fingerprint density at radius 3 is 2.11 bits per heavy atom. The number of carbonyl (C=O) groups excluding carboxylic acids is 1. The van der Waals surface area contributed by atoms with Crippen molar-refractivity contribution in [3.05, 3.63) is 23.1 Å². The maximum absolute atomic E-state index is 12.3. The van der Waals surface area contributed by atoms with Crippen LogP contribution in [-0.2, 0) is 0 Å². The third-order valence-corrected chi connectivity index (χ3v) is 3.34. The lowest BCUT2D eigenvalue weighted by molar-refractivity contribution is 0.0717. The number of nitrogens with zero attached hydrogens (tertiary/aromatic N) is 1. The Kier molecular flexibility index (Phi) is 7.65. The summed E-state index contributed by atoms with van der Waals surface area (Å²) in [6.45, 7) is 5.93. The fraction of sp³-hybridized carbons (Fsp3) is 0.667. The molecule has 0 saturated heterocycles. The minimum absolute atomic E-state index is 0.0425. The Morgan fingerprint density at radius 1 is 1.11 bits per heavy atom. The molecule has 0 spiro atoms.